The van der Waals surface area contributed by atoms with Crippen LogP contribution in [0.1, 0.15) is 92.2 Å². The van der Waals surface area contributed by atoms with Gasteiger partial charge in [-0.25, -0.2) is 4.79 Å². The first-order valence-corrected chi connectivity index (χ1v) is 10.0. The second-order valence-electron chi connectivity index (χ2n) is 7.53. The molecule has 0 unspecified atom stereocenters. The van der Waals surface area contributed by atoms with Gasteiger partial charge in [0, 0.05) is 14.8 Å². The van der Waals surface area contributed by atoms with Gasteiger partial charge in [-0.3, -0.25) is 4.98 Å². The van der Waals surface area contributed by atoms with Gasteiger partial charge >= 0.3 is 5.97 Å². The van der Waals surface area contributed by atoms with Crippen LogP contribution in [0.15, 0.2) is 0 Å². The Labute approximate surface area is 157 Å². The maximum atomic E-state index is 12.5. The highest BCUT2D eigenvalue weighted by Gasteiger charge is 2.43. The third-order valence-electron chi connectivity index (χ3n) is 5.47. The topological polar surface area (TPSA) is 59.4 Å². The lowest BCUT2D eigenvalue weighted by atomic mass is 9.70. The first-order valence-electron chi connectivity index (χ1n) is 8.96. The van der Waals surface area contributed by atoms with E-state index in [9.17, 15) is 9.90 Å². The van der Waals surface area contributed by atoms with E-state index in [4.69, 9.17) is 9.72 Å². The molecule has 24 heavy (non-hydrogen) atoms. The molecule has 0 saturated heterocycles. The predicted octanol–water partition coefficient (Wildman–Crippen LogP) is 4.53. The van der Waals surface area contributed by atoms with Crippen molar-refractivity contribution in [2.45, 2.75) is 71.3 Å². The van der Waals surface area contributed by atoms with E-state index in [2.05, 4.69) is 36.4 Å². The highest BCUT2D eigenvalue weighted by Crippen LogP contribution is 2.52. The van der Waals surface area contributed by atoms with Gasteiger partial charge in [0.1, 0.15) is 0 Å². The molecule has 1 aromatic rings. The molecule has 2 aliphatic carbocycles. The Morgan fingerprint density at radius 3 is 2.67 bits per heavy atom. The fourth-order valence-electron chi connectivity index (χ4n) is 4.37. The van der Waals surface area contributed by atoms with Crippen LogP contribution in [0.3, 0.4) is 0 Å². The van der Waals surface area contributed by atoms with E-state index >= 15 is 0 Å². The Kier molecular flexibility index (Phi) is 5.21. The Hall–Kier alpha value is -0.690. The van der Waals surface area contributed by atoms with E-state index in [1.165, 1.54) is 25.7 Å². The Bertz CT molecular complexity index is 651. The van der Waals surface area contributed by atoms with E-state index in [1.807, 2.05) is 6.92 Å². The number of hydrogen-bond acceptors (Lipinski definition) is 4. The normalized spacial score (nSPS) is 22.0. The number of aliphatic hydroxyl groups excluding tert-OH is 1. The van der Waals surface area contributed by atoms with Crippen molar-refractivity contribution in [3.8, 4) is 0 Å². The predicted molar refractivity (Wildman–Crippen MR) is 101 cm³/mol. The monoisotopic (exact) mass is 443 g/mol. The van der Waals surface area contributed by atoms with Crippen LogP contribution in [-0.4, -0.2) is 22.7 Å². The largest absolute Gasteiger partial charge is 0.462 e. The number of fused-ring (bicyclic) bond motifs is 1. The Morgan fingerprint density at radius 2 is 2.08 bits per heavy atom. The smallest absolute Gasteiger partial charge is 0.341 e. The number of rotatable bonds is 3. The molecule has 1 saturated carbocycles. The van der Waals surface area contributed by atoms with Gasteiger partial charge in [-0.1, -0.05) is 26.7 Å². The molecule has 1 heterocycles. The molecule has 1 spiro atoms. The molecular weight excluding hydrogens is 417 g/mol. The molecule has 0 bridgehead atoms. The van der Waals surface area contributed by atoms with Crippen molar-refractivity contribution < 1.29 is 14.6 Å². The number of ether oxygens (including phenoxy) is 1. The summed E-state index contributed by atoms with van der Waals surface area (Å²) >= 11 is 2.20. The van der Waals surface area contributed by atoms with Crippen molar-refractivity contribution >= 4 is 28.6 Å². The second-order valence-corrected chi connectivity index (χ2v) is 8.60. The lowest BCUT2D eigenvalue weighted by Gasteiger charge is -2.38. The first-order chi connectivity index (χ1) is 11.4. The van der Waals surface area contributed by atoms with Crippen LogP contribution in [-0.2, 0) is 11.2 Å². The molecule has 1 N–H and O–H groups in total. The molecule has 1 atom stereocenters. The van der Waals surface area contributed by atoms with Crippen molar-refractivity contribution in [2.75, 3.05) is 6.61 Å². The zero-order chi connectivity index (χ0) is 17.5. The minimum Gasteiger partial charge on any atom is -0.462 e. The van der Waals surface area contributed by atoms with Crippen LogP contribution >= 0.6 is 22.6 Å². The number of aliphatic hydroxyl groups is 1. The fraction of sp³-hybridized carbons (Fsp3) is 0.684. The average Bonchev–Trinajstić information content (AvgIpc) is 2.93. The first kappa shape index (κ1) is 18.1. The van der Waals surface area contributed by atoms with E-state index in [1.54, 1.807) is 0 Å². The molecule has 1 fully saturated rings. The van der Waals surface area contributed by atoms with Crippen LogP contribution in [0.4, 0.5) is 0 Å². The van der Waals surface area contributed by atoms with E-state index in [-0.39, 0.29) is 17.3 Å². The summed E-state index contributed by atoms with van der Waals surface area (Å²) < 4.78 is 6.09. The number of carbonyl (C=O) groups excluding carboxylic acids is 1. The third kappa shape index (κ3) is 3.09. The zero-order valence-electron chi connectivity index (χ0n) is 14.7. The van der Waals surface area contributed by atoms with Crippen LogP contribution in [0.25, 0.3) is 0 Å². The van der Waals surface area contributed by atoms with Crippen molar-refractivity contribution in [1.82, 2.24) is 4.98 Å². The molecule has 0 amide bonds. The van der Waals surface area contributed by atoms with Gasteiger partial charge in [-0.2, -0.15) is 0 Å². The third-order valence-corrected chi connectivity index (χ3v) is 6.59. The molecule has 5 heteroatoms. The summed E-state index contributed by atoms with van der Waals surface area (Å²) in [6.45, 7) is 6.26. The summed E-state index contributed by atoms with van der Waals surface area (Å²) in [6, 6.07) is 0. The van der Waals surface area contributed by atoms with Crippen molar-refractivity contribution in [1.29, 1.82) is 0 Å². The number of pyridine rings is 1. The number of carbonyl (C=O) groups is 1. The molecule has 0 aliphatic heterocycles. The number of aromatic nitrogens is 1. The van der Waals surface area contributed by atoms with E-state index < -0.39 is 6.10 Å². The maximum Gasteiger partial charge on any atom is 0.341 e. The minimum absolute atomic E-state index is 0.141. The lowest BCUT2D eigenvalue weighted by Crippen LogP contribution is -2.32. The van der Waals surface area contributed by atoms with Crippen LogP contribution < -0.4 is 0 Å². The SMILES string of the molecule is CCOC(=O)c1c(C(C)C)nc2c(c1I)[C@@H](O)CC1(CCCC1)C2. The lowest BCUT2D eigenvalue weighted by molar-refractivity contribution is 0.0520. The van der Waals surface area contributed by atoms with Crippen LogP contribution in [0, 0.1) is 8.99 Å². The molecule has 1 aromatic heterocycles. The van der Waals surface area contributed by atoms with Crippen molar-refractivity contribution in [3.05, 3.63) is 26.1 Å². The van der Waals surface area contributed by atoms with Gasteiger partial charge < -0.3 is 9.84 Å². The molecule has 4 nitrogen and oxygen atoms in total. The molecular formula is C19H26INO3. The standard InChI is InChI=1S/C19H26INO3/c1-4-24-18(23)15-16(20)14-12(21-17(15)11(2)3)9-19(10-13(14)22)7-5-6-8-19/h11,13,22H,4-10H2,1-3H3/t13-/m0/s1. The minimum atomic E-state index is -0.527. The highest BCUT2D eigenvalue weighted by atomic mass is 127. The quantitative estimate of drug-likeness (QED) is 0.551. The summed E-state index contributed by atoms with van der Waals surface area (Å²) in [5.74, 6) is -0.184. The van der Waals surface area contributed by atoms with Gasteiger partial charge in [0.05, 0.1) is 24.0 Å². The summed E-state index contributed by atoms with van der Waals surface area (Å²) in [5, 5.41) is 10.8. The van der Waals surface area contributed by atoms with Gasteiger partial charge in [0.15, 0.2) is 0 Å². The van der Waals surface area contributed by atoms with Crippen molar-refractivity contribution in [2.24, 2.45) is 5.41 Å². The van der Waals surface area contributed by atoms with Gasteiger partial charge in [0.25, 0.3) is 0 Å². The Morgan fingerprint density at radius 1 is 1.42 bits per heavy atom. The molecule has 132 valence electrons. The number of nitrogens with zero attached hydrogens (tertiary/aromatic N) is 1. The number of hydrogen-bond donors (Lipinski definition) is 1. The molecule has 3 rings (SSSR count). The van der Waals surface area contributed by atoms with Crippen molar-refractivity contribution in [3.63, 3.8) is 0 Å². The maximum absolute atomic E-state index is 12.5. The molecule has 0 radical (unpaired) electrons. The number of esters is 1. The average molecular weight is 443 g/mol. The van der Waals surface area contributed by atoms with E-state index in [0.29, 0.717) is 12.2 Å². The summed E-state index contributed by atoms with van der Waals surface area (Å²) in [7, 11) is 0. The molecule has 2 aliphatic rings. The van der Waals surface area contributed by atoms with Gasteiger partial charge in [-0.15, -0.1) is 0 Å². The number of halogens is 1. The molecule has 0 aromatic carbocycles. The summed E-state index contributed by atoms with van der Waals surface area (Å²) in [6.07, 6.45) is 6.05. The van der Waals surface area contributed by atoms with E-state index in [0.717, 1.165) is 33.4 Å². The van der Waals surface area contributed by atoms with Crippen LogP contribution in [0.5, 0.6) is 0 Å². The van der Waals surface area contributed by atoms with Gasteiger partial charge in [0.2, 0.25) is 0 Å². The fourth-order valence-corrected chi connectivity index (χ4v) is 5.54. The van der Waals surface area contributed by atoms with Crippen LogP contribution in [0.2, 0.25) is 0 Å². The Balaban J connectivity index is 2.12. The second kappa shape index (κ2) is 6.90. The summed E-state index contributed by atoms with van der Waals surface area (Å²) in [5.41, 5.74) is 3.42. The zero-order valence-corrected chi connectivity index (χ0v) is 16.9. The van der Waals surface area contributed by atoms with Gasteiger partial charge in [-0.05, 0) is 66.5 Å². The summed E-state index contributed by atoms with van der Waals surface area (Å²) in [4.78, 5) is 17.4. The highest BCUT2D eigenvalue weighted by molar-refractivity contribution is 14.1.